The maximum Gasteiger partial charge on any atom is 0.416 e. The van der Waals surface area contributed by atoms with Crippen LogP contribution < -0.4 is 4.90 Å². The van der Waals surface area contributed by atoms with Gasteiger partial charge < -0.3 is 5.11 Å². The zero-order valence-electron chi connectivity index (χ0n) is 11.8. The first-order chi connectivity index (χ1) is 10.6. The Kier molecular flexibility index (Phi) is 3.38. The van der Waals surface area contributed by atoms with Crippen molar-refractivity contribution < 1.29 is 9.90 Å². The van der Waals surface area contributed by atoms with Crippen molar-refractivity contribution in [3.63, 3.8) is 0 Å². The number of benzene rings is 2. The van der Waals surface area contributed by atoms with Gasteiger partial charge in [-0.3, -0.25) is 0 Å². The molecule has 110 valence electrons. The van der Waals surface area contributed by atoms with E-state index in [9.17, 15) is 9.90 Å². The fraction of sp³-hybridized carbons (Fsp3) is 0.133. The zero-order valence-corrected chi connectivity index (χ0v) is 11.8. The molecule has 1 N–H and O–H groups in total. The third-order valence-electron chi connectivity index (χ3n) is 3.38. The van der Waals surface area contributed by atoms with Gasteiger partial charge in [-0.15, -0.1) is 10.2 Å². The molecule has 0 saturated heterocycles. The number of hydrogen-bond acceptors (Lipinski definition) is 5. The average Bonchev–Trinajstić information content (AvgIpc) is 2.97. The predicted molar refractivity (Wildman–Crippen MR) is 80.1 cm³/mol. The van der Waals surface area contributed by atoms with E-state index in [2.05, 4.69) is 20.7 Å². The molecule has 1 aliphatic heterocycles. The highest BCUT2D eigenvalue weighted by molar-refractivity contribution is 5.94. The quantitative estimate of drug-likeness (QED) is 0.902. The van der Waals surface area contributed by atoms with Gasteiger partial charge in [-0.1, -0.05) is 30.3 Å². The highest BCUT2D eigenvalue weighted by atomic mass is 16.4. The Hall–Kier alpha value is -3.09. The Morgan fingerprint density at radius 3 is 2.27 bits per heavy atom. The number of hydrogen-bond donors (Lipinski definition) is 1. The molecule has 2 aromatic carbocycles. The fourth-order valence-corrected chi connectivity index (χ4v) is 2.24. The van der Waals surface area contributed by atoms with Gasteiger partial charge in [0.25, 0.3) is 0 Å². The summed E-state index contributed by atoms with van der Waals surface area (Å²) < 4.78 is 0. The van der Waals surface area contributed by atoms with Crippen molar-refractivity contribution in [3.8, 4) is 0 Å². The van der Waals surface area contributed by atoms with E-state index in [0.29, 0.717) is 11.4 Å². The largest absolute Gasteiger partial charge is 0.464 e. The molecule has 0 unspecified atom stereocenters. The third-order valence-corrected chi connectivity index (χ3v) is 3.38. The van der Waals surface area contributed by atoms with Crippen LogP contribution in [0.1, 0.15) is 12.5 Å². The van der Waals surface area contributed by atoms with Crippen molar-refractivity contribution in [2.45, 2.75) is 12.6 Å². The summed E-state index contributed by atoms with van der Waals surface area (Å²) in [6.45, 7) is 1.76. The molecule has 7 heteroatoms. The highest BCUT2D eigenvalue weighted by Crippen LogP contribution is 2.35. The lowest BCUT2D eigenvalue weighted by Crippen LogP contribution is -2.24. The van der Waals surface area contributed by atoms with Crippen molar-refractivity contribution >= 4 is 17.5 Å². The van der Waals surface area contributed by atoms with Gasteiger partial charge in [-0.05, 0) is 41.6 Å². The second-order valence-corrected chi connectivity index (χ2v) is 4.90. The monoisotopic (exact) mass is 295 g/mol. The Morgan fingerprint density at radius 2 is 1.64 bits per heavy atom. The highest BCUT2D eigenvalue weighted by Gasteiger charge is 2.30. The summed E-state index contributed by atoms with van der Waals surface area (Å²) in [5.41, 5.74) is 0.885. The molecule has 0 aliphatic carbocycles. The molecule has 0 saturated carbocycles. The van der Waals surface area contributed by atoms with E-state index in [0.717, 1.165) is 5.56 Å². The number of nitrogens with zero attached hydrogens (tertiary/aromatic N) is 5. The van der Waals surface area contributed by atoms with E-state index in [4.69, 9.17) is 0 Å². The van der Waals surface area contributed by atoms with Gasteiger partial charge in [0.05, 0.1) is 11.4 Å². The average molecular weight is 295 g/mol. The van der Waals surface area contributed by atoms with Crippen LogP contribution in [-0.4, -0.2) is 11.2 Å². The molecule has 22 heavy (non-hydrogen) atoms. The lowest BCUT2D eigenvalue weighted by molar-refractivity contribution is 0.205. The van der Waals surface area contributed by atoms with Gasteiger partial charge in [-0.25, -0.2) is 9.69 Å². The molecule has 1 heterocycles. The van der Waals surface area contributed by atoms with E-state index in [1.807, 2.05) is 12.1 Å². The van der Waals surface area contributed by atoms with E-state index >= 15 is 0 Å². The SMILES string of the molecule is CC1(c2cccc(N(C(=O)O)c3ccccc3)c2)N=NN=N1. The number of amides is 1. The first-order valence-corrected chi connectivity index (χ1v) is 6.63. The zero-order chi connectivity index (χ0) is 15.6. The molecule has 0 radical (unpaired) electrons. The molecule has 0 aromatic heterocycles. The summed E-state index contributed by atoms with van der Waals surface area (Å²) in [7, 11) is 0. The van der Waals surface area contributed by atoms with Gasteiger partial charge in [0.1, 0.15) is 0 Å². The summed E-state index contributed by atoms with van der Waals surface area (Å²) in [5.74, 6) is 0. The molecule has 0 bridgehead atoms. The molecular formula is C15H13N5O2. The van der Waals surface area contributed by atoms with Crippen LogP contribution in [-0.2, 0) is 5.66 Å². The normalized spacial score (nSPS) is 15.0. The molecule has 1 amide bonds. The van der Waals surface area contributed by atoms with Crippen LogP contribution >= 0.6 is 0 Å². The standard InChI is InChI=1S/C15H13N5O2/c1-15(16-18-19-17-15)11-6-5-9-13(10-11)20(14(21)22)12-7-3-2-4-8-12/h2-10H,1H3,(H,21,22). The summed E-state index contributed by atoms with van der Waals surface area (Å²) in [4.78, 5) is 12.9. The first-order valence-electron chi connectivity index (χ1n) is 6.63. The summed E-state index contributed by atoms with van der Waals surface area (Å²) >= 11 is 0. The summed E-state index contributed by atoms with van der Waals surface area (Å²) in [6.07, 6.45) is -1.07. The van der Waals surface area contributed by atoms with Crippen molar-refractivity contribution in [3.05, 3.63) is 60.2 Å². The van der Waals surface area contributed by atoms with E-state index in [1.54, 1.807) is 49.4 Å². The number of rotatable bonds is 3. The maximum absolute atomic E-state index is 11.7. The Morgan fingerprint density at radius 1 is 1.00 bits per heavy atom. The van der Waals surface area contributed by atoms with Crippen LogP contribution in [0.4, 0.5) is 16.2 Å². The lowest BCUT2D eigenvalue weighted by Gasteiger charge is -2.22. The van der Waals surface area contributed by atoms with Crippen LogP contribution in [0.15, 0.2) is 75.3 Å². The van der Waals surface area contributed by atoms with Crippen LogP contribution in [0.2, 0.25) is 0 Å². The Balaban J connectivity index is 2.05. The second kappa shape index (κ2) is 5.36. The first kappa shape index (κ1) is 13.9. The van der Waals surface area contributed by atoms with Crippen LogP contribution in [0, 0.1) is 0 Å². The van der Waals surface area contributed by atoms with Crippen molar-refractivity contribution in [2.24, 2.45) is 20.7 Å². The van der Waals surface area contributed by atoms with E-state index < -0.39 is 11.8 Å². The van der Waals surface area contributed by atoms with Crippen LogP contribution in [0.5, 0.6) is 0 Å². The molecule has 0 atom stereocenters. The van der Waals surface area contributed by atoms with Gasteiger partial charge in [-0.2, -0.15) is 0 Å². The number of anilines is 2. The Labute approximate surface area is 126 Å². The summed E-state index contributed by atoms with van der Waals surface area (Å²) in [6, 6.07) is 15.9. The van der Waals surface area contributed by atoms with Crippen molar-refractivity contribution in [1.82, 2.24) is 0 Å². The van der Waals surface area contributed by atoms with Gasteiger partial charge in [0.2, 0.25) is 5.66 Å². The molecule has 3 rings (SSSR count). The van der Waals surface area contributed by atoms with Gasteiger partial charge in [0, 0.05) is 5.56 Å². The molecule has 1 aliphatic rings. The maximum atomic E-state index is 11.7. The van der Waals surface area contributed by atoms with Crippen molar-refractivity contribution in [2.75, 3.05) is 4.90 Å². The topological polar surface area (TPSA) is 90.0 Å². The minimum absolute atomic E-state index is 0.509. The minimum Gasteiger partial charge on any atom is -0.464 e. The van der Waals surface area contributed by atoms with Gasteiger partial charge >= 0.3 is 6.09 Å². The number of para-hydroxylation sites is 1. The lowest BCUT2D eigenvalue weighted by atomic mass is 10.0. The molecule has 7 nitrogen and oxygen atoms in total. The second-order valence-electron chi connectivity index (χ2n) is 4.90. The minimum atomic E-state index is -1.07. The predicted octanol–water partition coefficient (Wildman–Crippen LogP) is 4.51. The van der Waals surface area contributed by atoms with Crippen LogP contribution in [0.3, 0.4) is 0 Å². The van der Waals surface area contributed by atoms with E-state index in [-0.39, 0.29) is 0 Å². The summed E-state index contributed by atoms with van der Waals surface area (Å²) in [5, 5.41) is 24.6. The third kappa shape index (κ3) is 2.44. The Bertz CT molecular complexity index is 746. The van der Waals surface area contributed by atoms with Gasteiger partial charge in [0.15, 0.2) is 0 Å². The van der Waals surface area contributed by atoms with E-state index in [1.165, 1.54) is 4.90 Å². The smallest absolute Gasteiger partial charge is 0.416 e. The molecule has 2 aromatic rings. The van der Waals surface area contributed by atoms with Crippen LogP contribution in [0.25, 0.3) is 0 Å². The van der Waals surface area contributed by atoms with Crippen molar-refractivity contribution in [1.29, 1.82) is 0 Å². The number of carboxylic acid groups (broad SMARTS) is 1. The number of carbonyl (C=O) groups is 1. The molecule has 0 spiro atoms. The fourth-order valence-electron chi connectivity index (χ4n) is 2.24. The molecular weight excluding hydrogens is 282 g/mol. The molecule has 0 fully saturated rings.